The Kier molecular flexibility index (Phi) is 2.86. The number of imide groups is 1. The van der Waals surface area contributed by atoms with Gasteiger partial charge in [0, 0.05) is 4.47 Å². The van der Waals surface area contributed by atoms with E-state index in [1.807, 2.05) is 25.1 Å². The van der Waals surface area contributed by atoms with Crippen molar-refractivity contribution in [2.24, 2.45) is 23.7 Å². The number of benzene rings is 1. The number of allylic oxidation sites excluding steroid dienone is 2. The standard InChI is InChI=1S/C17H16BrNO2/c1-9-8-12(6-7-13(9)18)19-16(20)14-10-2-3-11(5-4-10)15(14)17(19)21/h2-3,6-8,10-11,14-15H,4-5H2,1H3/t10?,11?,14-,15+. The van der Waals surface area contributed by atoms with Crippen molar-refractivity contribution in [1.29, 1.82) is 0 Å². The van der Waals surface area contributed by atoms with Gasteiger partial charge in [-0.15, -0.1) is 0 Å². The summed E-state index contributed by atoms with van der Waals surface area (Å²) in [6.45, 7) is 1.97. The number of fused-ring (bicyclic) bond motifs is 1. The minimum Gasteiger partial charge on any atom is -0.274 e. The summed E-state index contributed by atoms with van der Waals surface area (Å²) in [5.74, 6) is 0.211. The van der Waals surface area contributed by atoms with Crippen molar-refractivity contribution in [1.82, 2.24) is 0 Å². The van der Waals surface area contributed by atoms with Crippen molar-refractivity contribution in [2.45, 2.75) is 19.8 Å². The number of anilines is 1. The molecule has 5 rings (SSSR count). The number of carbonyl (C=O) groups is 2. The van der Waals surface area contributed by atoms with E-state index in [1.54, 1.807) is 0 Å². The zero-order valence-electron chi connectivity index (χ0n) is 11.8. The van der Waals surface area contributed by atoms with Crippen LogP contribution in [0, 0.1) is 30.6 Å². The highest BCUT2D eigenvalue weighted by molar-refractivity contribution is 9.10. The molecule has 4 aliphatic rings. The highest BCUT2D eigenvalue weighted by Crippen LogP contribution is 2.50. The van der Waals surface area contributed by atoms with Crippen molar-refractivity contribution >= 4 is 33.4 Å². The molecule has 108 valence electrons. The molecule has 4 heteroatoms. The number of halogens is 1. The Morgan fingerprint density at radius 3 is 2.10 bits per heavy atom. The lowest BCUT2D eigenvalue weighted by molar-refractivity contribution is -0.124. The highest BCUT2D eigenvalue weighted by atomic mass is 79.9. The average molecular weight is 346 g/mol. The molecule has 1 saturated heterocycles. The zero-order chi connectivity index (χ0) is 14.7. The monoisotopic (exact) mass is 345 g/mol. The first kappa shape index (κ1) is 13.3. The van der Waals surface area contributed by atoms with Crippen LogP contribution in [0.4, 0.5) is 5.69 Å². The van der Waals surface area contributed by atoms with Gasteiger partial charge in [0.2, 0.25) is 11.8 Å². The molecule has 1 saturated carbocycles. The molecular weight excluding hydrogens is 330 g/mol. The molecule has 1 heterocycles. The Balaban J connectivity index is 1.76. The van der Waals surface area contributed by atoms with Crippen molar-refractivity contribution in [2.75, 3.05) is 4.90 Å². The van der Waals surface area contributed by atoms with Crippen molar-refractivity contribution < 1.29 is 9.59 Å². The van der Waals surface area contributed by atoms with E-state index >= 15 is 0 Å². The van der Waals surface area contributed by atoms with Gasteiger partial charge in [-0.1, -0.05) is 28.1 Å². The van der Waals surface area contributed by atoms with Gasteiger partial charge in [-0.05, 0) is 55.4 Å². The molecule has 2 fully saturated rings. The summed E-state index contributed by atoms with van der Waals surface area (Å²) in [6.07, 6.45) is 6.37. The second-order valence-corrected chi connectivity index (χ2v) is 7.14. The number of carbonyl (C=O) groups excluding carboxylic acids is 2. The molecule has 3 nitrogen and oxygen atoms in total. The number of amides is 2. The summed E-state index contributed by atoms with van der Waals surface area (Å²) >= 11 is 3.46. The van der Waals surface area contributed by atoms with Gasteiger partial charge in [-0.25, -0.2) is 0 Å². The molecule has 0 N–H and O–H groups in total. The Bertz CT molecular complexity index is 649. The summed E-state index contributed by atoms with van der Waals surface area (Å²) in [7, 11) is 0. The third kappa shape index (κ3) is 1.78. The van der Waals surface area contributed by atoms with Crippen LogP contribution in [0.2, 0.25) is 0 Å². The van der Waals surface area contributed by atoms with Gasteiger partial charge in [0.1, 0.15) is 0 Å². The Labute approximate surface area is 132 Å². The minimum atomic E-state index is -0.134. The molecule has 21 heavy (non-hydrogen) atoms. The Morgan fingerprint density at radius 1 is 1.05 bits per heavy atom. The molecular formula is C17H16BrNO2. The van der Waals surface area contributed by atoms with Crippen LogP contribution in [0.25, 0.3) is 0 Å². The third-order valence-corrected chi connectivity index (χ3v) is 6.05. The highest BCUT2D eigenvalue weighted by Gasteiger charge is 2.56. The fourth-order valence-corrected chi connectivity index (χ4v) is 4.34. The van der Waals surface area contributed by atoms with Crippen LogP contribution in [0.5, 0.6) is 0 Å². The second kappa shape index (κ2) is 4.54. The van der Waals surface area contributed by atoms with Gasteiger partial charge in [0.05, 0.1) is 17.5 Å². The number of hydrogen-bond acceptors (Lipinski definition) is 2. The van der Waals surface area contributed by atoms with E-state index < -0.39 is 0 Å². The molecule has 1 aromatic rings. The Morgan fingerprint density at radius 2 is 1.62 bits per heavy atom. The number of nitrogens with zero attached hydrogens (tertiary/aromatic N) is 1. The maximum atomic E-state index is 12.8. The number of hydrogen-bond donors (Lipinski definition) is 0. The van der Waals surface area contributed by atoms with E-state index in [1.165, 1.54) is 4.90 Å². The topological polar surface area (TPSA) is 37.4 Å². The lowest BCUT2D eigenvalue weighted by atomic mass is 9.63. The average Bonchev–Trinajstić information content (AvgIpc) is 2.78. The van der Waals surface area contributed by atoms with Crippen LogP contribution < -0.4 is 4.90 Å². The first-order valence-electron chi connectivity index (χ1n) is 7.40. The molecule has 1 aliphatic heterocycles. The van der Waals surface area contributed by atoms with E-state index in [-0.39, 0.29) is 35.5 Å². The van der Waals surface area contributed by atoms with Crippen molar-refractivity contribution in [3.8, 4) is 0 Å². The van der Waals surface area contributed by atoms with Crippen LogP contribution in [0.15, 0.2) is 34.8 Å². The predicted octanol–water partition coefficient (Wildman–Crippen LogP) is 3.46. The molecule has 1 aromatic carbocycles. The molecule has 0 radical (unpaired) electrons. The van der Waals surface area contributed by atoms with Gasteiger partial charge >= 0.3 is 0 Å². The van der Waals surface area contributed by atoms with Gasteiger partial charge in [0.15, 0.2) is 0 Å². The lowest BCUT2D eigenvalue weighted by Crippen LogP contribution is -2.38. The van der Waals surface area contributed by atoms with Gasteiger partial charge in [-0.2, -0.15) is 0 Å². The van der Waals surface area contributed by atoms with Crippen LogP contribution in [-0.4, -0.2) is 11.8 Å². The van der Waals surface area contributed by atoms with Gasteiger partial charge in [-0.3, -0.25) is 14.5 Å². The fourth-order valence-electron chi connectivity index (χ4n) is 4.10. The van der Waals surface area contributed by atoms with E-state index in [0.29, 0.717) is 5.69 Å². The fraction of sp³-hybridized carbons (Fsp3) is 0.412. The van der Waals surface area contributed by atoms with Crippen molar-refractivity contribution in [3.63, 3.8) is 0 Å². The maximum Gasteiger partial charge on any atom is 0.238 e. The molecule has 2 unspecified atom stereocenters. The van der Waals surface area contributed by atoms with E-state index in [9.17, 15) is 9.59 Å². The lowest BCUT2D eigenvalue weighted by Gasteiger charge is -2.38. The van der Waals surface area contributed by atoms with E-state index in [2.05, 4.69) is 28.1 Å². The first-order chi connectivity index (χ1) is 10.1. The quantitative estimate of drug-likeness (QED) is 0.577. The molecule has 4 atom stereocenters. The van der Waals surface area contributed by atoms with Gasteiger partial charge < -0.3 is 0 Å². The summed E-state index contributed by atoms with van der Waals surface area (Å²) in [5.41, 5.74) is 1.74. The predicted molar refractivity (Wildman–Crippen MR) is 83.7 cm³/mol. The van der Waals surface area contributed by atoms with Gasteiger partial charge in [0.25, 0.3) is 0 Å². The summed E-state index contributed by atoms with van der Waals surface area (Å²) in [4.78, 5) is 27.0. The SMILES string of the molecule is Cc1cc(N2C(=O)[C@@H]3C4C=CC(CC4)[C@@H]3C2=O)ccc1Br. The first-order valence-corrected chi connectivity index (χ1v) is 8.19. The minimum absolute atomic E-state index is 0.00854. The maximum absolute atomic E-state index is 12.8. The van der Waals surface area contributed by atoms with E-state index in [0.717, 1.165) is 22.9 Å². The van der Waals surface area contributed by atoms with Crippen LogP contribution in [-0.2, 0) is 9.59 Å². The second-order valence-electron chi connectivity index (χ2n) is 6.29. The third-order valence-electron chi connectivity index (χ3n) is 5.16. The molecule has 2 bridgehead atoms. The summed E-state index contributed by atoms with van der Waals surface area (Å²) < 4.78 is 0.990. The zero-order valence-corrected chi connectivity index (χ0v) is 13.3. The van der Waals surface area contributed by atoms with Crippen LogP contribution in [0.1, 0.15) is 18.4 Å². The van der Waals surface area contributed by atoms with Crippen LogP contribution in [0.3, 0.4) is 0 Å². The molecule has 3 aliphatic carbocycles. The van der Waals surface area contributed by atoms with Crippen molar-refractivity contribution in [3.05, 3.63) is 40.4 Å². The normalized spacial score (nSPS) is 33.7. The summed E-state index contributed by atoms with van der Waals surface area (Å²) in [6, 6.07) is 5.66. The molecule has 0 spiro atoms. The smallest absolute Gasteiger partial charge is 0.238 e. The molecule has 2 amide bonds. The van der Waals surface area contributed by atoms with Crippen LogP contribution >= 0.6 is 15.9 Å². The molecule has 0 aromatic heterocycles. The number of aryl methyl sites for hydroxylation is 1. The summed E-state index contributed by atoms with van der Waals surface area (Å²) in [5, 5.41) is 0. The van der Waals surface area contributed by atoms with E-state index in [4.69, 9.17) is 0 Å². The Hall–Kier alpha value is -1.42. The largest absolute Gasteiger partial charge is 0.274 e. The number of rotatable bonds is 1.